The molecule has 0 aromatic heterocycles. The summed E-state index contributed by atoms with van der Waals surface area (Å²) in [5, 5.41) is 11.2. The third-order valence-electron chi connectivity index (χ3n) is 8.99. The second-order valence-electron chi connectivity index (χ2n) is 11.2. The van der Waals surface area contributed by atoms with Crippen molar-refractivity contribution in [1.82, 2.24) is 4.90 Å². The standard InChI is InChI=1S/C32H35ClN2O6/c1-5-16-34(23-14-12-22(33)13-15-23)29(38)27-32-18-20(3)31(4,41-32)26(30(39)40-17-6-2)25(32)28(37)35(27)24(19-36)21-10-8-7-9-11-21/h5-15,20,24-27,36H,1-2,16-19H2,3-4H3/t20?,24-,25+,26-,27?,31+,32?/m1/s1. The molecule has 5 rings (SSSR count). The lowest BCUT2D eigenvalue weighted by molar-refractivity contribution is -0.161. The van der Waals surface area contributed by atoms with Gasteiger partial charge in [-0.25, -0.2) is 0 Å². The first-order valence-electron chi connectivity index (χ1n) is 13.8. The minimum absolute atomic E-state index is 0.00720. The molecule has 41 heavy (non-hydrogen) atoms. The molecule has 3 aliphatic rings. The molecule has 3 fully saturated rings. The van der Waals surface area contributed by atoms with Gasteiger partial charge in [0.1, 0.15) is 24.2 Å². The SMILES string of the molecule is C=CCOC(=O)[C@H]1[C@H]2C(=O)N([C@H](CO)c3ccccc3)C(C(=O)N(CC=C)c3ccc(Cl)cc3)C23CC(C)[C@]1(C)O3. The molecule has 7 atom stereocenters. The molecule has 1 N–H and O–H groups in total. The quantitative estimate of drug-likeness (QED) is 0.333. The average molecular weight is 579 g/mol. The highest BCUT2D eigenvalue weighted by Gasteiger charge is 2.81. The normalized spacial score (nSPS) is 30.5. The monoisotopic (exact) mass is 578 g/mol. The van der Waals surface area contributed by atoms with Crippen molar-refractivity contribution >= 4 is 35.1 Å². The molecular weight excluding hydrogens is 544 g/mol. The van der Waals surface area contributed by atoms with Gasteiger partial charge in [0.25, 0.3) is 5.91 Å². The molecule has 0 aliphatic carbocycles. The molecule has 3 saturated heterocycles. The molecule has 0 saturated carbocycles. The van der Waals surface area contributed by atoms with E-state index in [1.807, 2.05) is 32.0 Å². The molecule has 216 valence electrons. The molecule has 2 aromatic rings. The molecule has 3 aliphatic heterocycles. The van der Waals surface area contributed by atoms with Crippen LogP contribution in [0.2, 0.25) is 5.02 Å². The first-order valence-corrected chi connectivity index (χ1v) is 14.2. The Bertz CT molecular complexity index is 1350. The van der Waals surface area contributed by atoms with Crippen LogP contribution in [-0.2, 0) is 23.9 Å². The molecule has 3 heterocycles. The van der Waals surface area contributed by atoms with Crippen LogP contribution in [0.4, 0.5) is 5.69 Å². The van der Waals surface area contributed by atoms with E-state index < -0.39 is 59.5 Å². The molecule has 2 amide bonds. The van der Waals surface area contributed by atoms with E-state index in [-0.39, 0.29) is 19.1 Å². The summed E-state index contributed by atoms with van der Waals surface area (Å²) in [6, 6.07) is 13.9. The lowest BCUT2D eigenvalue weighted by Crippen LogP contribution is -2.57. The van der Waals surface area contributed by atoms with Crippen molar-refractivity contribution in [3.05, 3.63) is 90.5 Å². The summed E-state index contributed by atoms with van der Waals surface area (Å²) in [5.74, 6) is -3.43. The number of likely N-dealkylation sites (tertiary alicyclic amines) is 1. The third kappa shape index (κ3) is 4.49. The predicted octanol–water partition coefficient (Wildman–Crippen LogP) is 4.33. The highest BCUT2D eigenvalue weighted by Crippen LogP contribution is 2.66. The van der Waals surface area contributed by atoms with E-state index in [0.29, 0.717) is 22.7 Å². The molecule has 9 heteroatoms. The predicted molar refractivity (Wildman–Crippen MR) is 155 cm³/mol. The van der Waals surface area contributed by atoms with Gasteiger partial charge >= 0.3 is 5.97 Å². The summed E-state index contributed by atoms with van der Waals surface area (Å²) in [7, 11) is 0. The zero-order valence-corrected chi connectivity index (χ0v) is 24.0. The van der Waals surface area contributed by atoms with E-state index in [0.717, 1.165) is 0 Å². The van der Waals surface area contributed by atoms with Gasteiger partial charge in [-0.1, -0.05) is 67.6 Å². The van der Waals surface area contributed by atoms with Crippen molar-refractivity contribution in [3.8, 4) is 0 Å². The molecule has 3 unspecified atom stereocenters. The number of hydrogen-bond donors (Lipinski definition) is 1. The Hall–Kier alpha value is -3.46. The van der Waals surface area contributed by atoms with Crippen LogP contribution in [-0.4, -0.2) is 64.8 Å². The van der Waals surface area contributed by atoms with Gasteiger partial charge in [0.05, 0.1) is 24.2 Å². The number of nitrogens with zero attached hydrogens (tertiary/aromatic N) is 2. The third-order valence-corrected chi connectivity index (χ3v) is 9.24. The number of rotatable bonds is 10. The lowest BCUT2D eigenvalue weighted by atomic mass is 9.62. The van der Waals surface area contributed by atoms with Crippen molar-refractivity contribution in [2.24, 2.45) is 17.8 Å². The number of benzene rings is 2. The average Bonchev–Trinajstić information content (AvgIpc) is 3.48. The van der Waals surface area contributed by atoms with Gasteiger partial charge in [-0.2, -0.15) is 0 Å². The van der Waals surface area contributed by atoms with Crippen LogP contribution in [0.1, 0.15) is 31.9 Å². The van der Waals surface area contributed by atoms with Gasteiger partial charge in [0.15, 0.2) is 0 Å². The maximum Gasteiger partial charge on any atom is 0.313 e. The van der Waals surface area contributed by atoms with E-state index in [4.69, 9.17) is 21.1 Å². The molecule has 8 nitrogen and oxygen atoms in total. The number of amides is 2. The molecule has 2 aromatic carbocycles. The van der Waals surface area contributed by atoms with Gasteiger partial charge in [-0.05, 0) is 49.1 Å². The number of ether oxygens (including phenoxy) is 2. The fourth-order valence-corrected chi connectivity index (χ4v) is 7.26. The van der Waals surface area contributed by atoms with Gasteiger partial charge in [-0.3, -0.25) is 14.4 Å². The van der Waals surface area contributed by atoms with Gasteiger partial charge in [0.2, 0.25) is 5.91 Å². The molecule has 1 spiro atoms. The van der Waals surface area contributed by atoms with Gasteiger partial charge < -0.3 is 24.4 Å². The Kier molecular flexibility index (Phi) is 7.85. The first kappa shape index (κ1) is 29.0. The van der Waals surface area contributed by atoms with E-state index in [2.05, 4.69) is 13.2 Å². The fraction of sp³-hybridized carbons (Fsp3) is 0.406. The minimum atomic E-state index is -1.31. The van der Waals surface area contributed by atoms with Gasteiger partial charge in [-0.15, -0.1) is 6.58 Å². The number of anilines is 1. The van der Waals surface area contributed by atoms with Crippen molar-refractivity contribution in [1.29, 1.82) is 0 Å². The number of carbonyl (C=O) groups excluding carboxylic acids is 3. The minimum Gasteiger partial charge on any atom is -0.461 e. The summed E-state index contributed by atoms with van der Waals surface area (Å²) in [5.41, 5.74) is -1.10. The zero-order chi connectivity index (χ0) is 29.5. The first-order chi connectivity index (χ1) is 19.6. The van der Waals surface area contributed by atoms with E-state index >= 15 is 0 Å². The highest BCUT2D eigenvalue weighted by atomic mass is 35.5. The maximum absolute atomic E-state index is 14.8. The summed E-state index contributed by atoms with van der Waals surface area (Å²) < 4.78 is 12.3. The zero-order valence-electron chi connectivity index (χ0n) is 23.2. The number of aliphatic hydroxyl groups excluding tert-OH is 1. The fourth-order valence-electron chi connectivity index (χ4n) is 7.13. The van der Waals surface area contributed by atoms with Crippen molar-refractivity contribution in [2.75, 3.05) is 24.7 Å². The van der Waals surface area contributed by atoms with Crippen LogP contribution in [0.25, 0.3) is 0 Å². The summed E-state index contributed by atoms with van der Waals surface area (Å²) in [6.07, 6.45) is 3.46. The van der Waals surface area contributed by atoms with Gasteiger partial charge in [0, 0.05) is 17.3 Å². The number of hydrogen-bond acceptors (Lipinski definition) is 6. The largest absolute Gasteiger partial charge is 0.461 e. The Labute approximate surface area is 245 Å². The Morgan fingerprint density at radius 2 is 1.88 bits per heavy atom. The van der Waals surface area contributed by atoms with Crippen LogP contribution in [0.15, 0.2) is 79.9 Å². The highest BCUT2D eigenvalue weighted by molar-refractivity contribution is 6.30. The summed E-state index contributed by atoms with van der Waals surface area (Å²) in [4.78, 5) is 45.8. The van der Waals surface area contributed by atoms with Crippen molar-refractivity contribution < 1.29 is 29.0 Å². The summed E-state index contributed by atoms with van der Waals surface area (Å²) in [6.45, 7) is 11.0. The van der Waals surface area contributed by atoms with Crippen LogP contribution in [0.3, 0.4) is 0 Å². The van der Waals surface area contributed by atoms with Crippen LogP contribution in [0, 0.1) is 17.8 Å². The molecule has 2 bridgehead atoms. The summed E-state index contributed by atoms with van der Waals surface area (Å²) >= 11 is 6.13. The smallest absolute Gasteiger partial charge is 0.313 e. The van der Waals surface area contributed by atoms with E-state index in [1.165, 1.54) is 15.9 Å². The lowest BCUT2D eigenvalue weighted by Gasteiger charge is -2.39. The Morgan fingerprint density at radius 3 is 2.49 bits per heavy atom. The van der Waals surface area contributed by atoms with Crippen LogP contribution < -0.4 is 4.90 Å². The number of fused-ring (bicyclic) bond motifs is 1. The maximum atomic E-state index is 14.8. The van der Waals surface area contributed by atoms with Crippen molar-refractivity contribution in [2.45, 2.75) is 43.6 Å². The van der Waals surface area contributed by atoms with Crippen LogP contribution >= 0.6 is 11.6 Å². The Morgan fingerprint density at radius 1 is 1.20 bits per heavy atom. The molecule has 0 radical (unpaired) electrons. The molecular formula is C32H35ClN2O6. The van der Waals surface area contributed by atoms with E-state index in [9.17, 15) is 19.5 Å². The number of carbonyl (C=O) groups is 3. The Balaban J connectivity index is 1.68. The van der Waals surface area contributed by atoms with E-state index in [1.54, 1.807) is 42.5 Å². The van der Waals surface area contributed by atoms with Crippen molar-refractivity contribution in [3.63, 3.8) is 0 Å². The second kappa shape index (κ2) is 11.1. The number of aliphatic hydroxyl groups is 1. The van der Waals surface area contributed by atoms with Crippen LogP contribution in [0.5, 0.6) is 0 Å². The number of esters is 1. The topological polar surface area (TPSA) is 96.4 Å². The number of halogens is 1. The second-order valence-corrected chi connectivity index (χ2v) is 11.6.